The second-order valence-corrected chi connectivity index (χ2v) is 5.38. The van der Waals surface area contributed by atoms with Crippen LogP contribution in [-0.2, 0) is 6.18 Å². The van der Waals surface area contributed by atoms with E-state index in [1.54, 1.807) is 6.07 Å². The van der Waals surface area contributed by atoms with Crippen LogP contribution < -0.4 is 10.6 Å². The van der Waals surface area contributed by atoms with E-state index < -0.39 is 11.7 Å². The summed E-state index contributed by atoms with van der Waals surface area (Å²) < 4.78 is 38.8. The van der Waals surface area contributed by atoms with Crippen molar-refractivity contribution in [2.45, 2.75) is 32.5 Å². The van der Waals surface area contributed by atoms with Crippen molar-refractivity contribution in [1.29, 1.82) is 0 Å². The third-order valence-electron chi connectivity index (χ3n) is 4.20. The quantitative estimate of drug-likeness (QED) is 0.867. The van der Waals surface area contributed by atoms with Gasteiger partial charge in [-0.05, 0) is 37.7 Å². The molecule has 0 aliphatic carbocycles. The van der Waals surface area contributed by atoms with E-state index in [9.17, 15) is 13.2 Å². The van der Waals surface area contributed by atoms with Gasteiger partial charge in [-0.1, -0.05) is 13.8 Å². The molecule has 1 fully saturated rings. The topological polar surface area (TPSA) is 32.5 Å². The molecule has 1 saturated heterocycles. The van der Waals surface area contributed by atoms with E-state index in [-0.39, 0.29) is 5.69 Å². The average Bonchev–Trinajstić information content (AvgIpc) is 2.89. The van der Waals surface area contributed by atoms with Crippen molar-refractivity contribution in [3.05, 3.63) is 23.8 Å². The van der Waals surface area contributed by atoms with E-state index in [4.69, 9.17) is 5.73 Å². The Hall–Kier alpha value is -1.43. The maximum atomic E-state index is 12.9. The number of nitrogens with two attached hydrogens (primary N) is 1. The zero-order valence-corrected chi connectivity index (χ0v) is 12.5. The fraction of sp³-hybridized carbons (Fsp3) is 0.600. The SMILES string of the molecule is CCN(CC)C1CCN(c2ccc(N)c(C(F)(F)F)c2)C1. The van der Waals surface area contributed by atoms with Crippen molar-refractivity contribution in [3.8, 4) is 0 Å². The lowest BCUT2D eigenvalue weighted by Gasteiger charge is -2.27. The Labute approximate surface area is 123 Å². The number of rotatable bonds is 4. The first-order chi connectivity index (χ1) is 9.86. The number of nitrogens with zero attached hydrogens (tertiary/aromatic N) is 2. The summed E-state index contributed by atoms with van der Waals surface area (Å²) in [6.07, 6.45) is -3.43. The Balaban J connectivity index is 2.17. The molecule has 1 aromatic rings. The Bertz CT molecular complexity index is 484. The zero-order chi connectivity index (χ0) is 15.6. The highest BCUT2D eigenvalue weighted by Gasteiger charge is 2.34. The number of nitrogen functional groups attached to an aromatic ring is 1. The van der Waals surface area contributed by atoms with Crippen LogP contribution in [0.1, 0.15) is 25.8 Å². The monoisotopic (exact) mass is 301 g/mol. The predicted octanol–water partition coefficient (Wildman–Crippen LogP) is 3.21. The molecule has 1 aliphatic heterocycles. The number of hydrogen-bond acceptors (Lipinski definition) is 3. The molecule has 2 N–H and O–H groups in total. The van der Waals surface area contributed by atoms with Gasteiger partial charge in [-0.25, -0.2) is 0 Å². The van der Waals surface area contributed by atoms with Crippen molar-refractivity contribution < 1.29 is 13.2 Å². The molecular formula is C15H22F3N3. The fourth-order valence-electron chi connectivity index (χ4n) is 3.00. The van der Waals surface area contributed by atoms with Gasteiger partial charge >= 0.3 is 6.18 Å². The Morgan fingerprint density at radius 1 is 1.29 bits per heavy atom. The number of alkyl halides is 3. The average molecular weight is 301 g/mol. The summed E-state index contributed by atoms with van der Waals surface area (Å²) in [5.41, 5.74) is 5.09. The summed E-state index contributed by atoms with van der Waals surface area (Å²) in [7, 11) is 0. The molecule has 1 aliphatic rings. The minimum atomic E-state index is -4.40. The lowest BCUT2D eigenvalue weighted by molar-refractivity contribution is -0.136. The molecule has 0 amide bonds. The van der Waals surface area contributed by atoms with Crippen molar-refractivity contribution in [2.75, 3.05) is 36.8 Å². The largest absolute Gasteiger partial charge is 0.418 e. The van der Waals surface area contributed by atoms with Crippen LogP contribution in [0.15, 0.2) is 18.2 Å². The van der Waals surface area contributed by atoms with E-state index in [2.05, 4.69) is 18.7 Å². The summed E-state index contributed by atoms with van der Waals surface area (Å²) >= 11 is 0. The second-order valence-electron chi connectivity index (χ2n) is 5.38. The van der Waals surface area contributed by atoms with Crippen LogP contribution in [0.25, 0.3) is 0 Å². The molecule has 0 spiro atoms. The molecule has 1 heterocycles. The van der Waals surface area contributed by atoms with Gasteiger partial charge in [0.05, 0.1) is 5.56 Å². The summed E-state index contributed by atoms with van der Waals surface area (Å²) in [6.45, 7) is 7.69. The van der Waals surface area contributed by atoms with Gasteiger partial charge in [0.2, 0.25) is 0 Å². The first-order valence-electron chi connectivity index (χ1n) is 7.32. The molecule has 6 heteroatoms. The molecule has 1 atom stereocenters. The van der Waals surface area contributed by atoms with Crippen LogP contribution in [0.5, 0.6) is 0 Å². The van der Waals surface area contributed by atoms with E-state index in [1.807, 2.05) is 4.90 Å². The first-order valence-corrected chi connectivity index (χ1v) is 7.32. The molecule has 2 rings (SSSR count). The second kappa shape index (κ2) is 6.13. The highest BCUT2D eigenvalue weighted by molar-refractivity contribution is 5.60. The molecule has 0 radical (unpaired) electrons. The minimum Gasteiger partial charge on any atom is -0.398 e. The number of likely N-dealkylation sites (N-methyl/N-ethyl adjacent to an activating group) is 1. The van der Waals surface area contributed by atoms with E-state index in [0.717, 1.165) is 32.6 Å². The third kappa shape index (κ3) is 3.43. The van der Waals surface area contributed by atoms with Gasteiger partial charge in [0, 0.05) is 30.5 Å². The van der Waals surface area contributed by atoms with Crippen LogP contribution in [0.2, 0.25) is 0 Å². The molecule has 1 aromatic carbocycles. The normalized spacial score (nSPS) is 19.5. The molecule has 21 heavy (non-hydrogen) atoms. The standard InChI is InChI=1S/C15H22F3N3/c1-3-20(4-2)12-7-8-21(10-12)11-5-6-14(19)13(9-11)15(16,17)18/h5-6,9,12H,3-4,7-8,10,19H2,1-2H3. The van der Waals surface area contributed by atoms with E-state index in [1.165, 1.54) is 12.1 Å². The molecule has 0 saturated carbocycles. The third-order valence-corrected chi connectivity index (χ3v) is 4.20. The van der Waals surface area contributed by atoms with Gasteiger partial charge < -0.3 is 10.6 Å². The van der Waals surface area contributed by atoms with Crippen molar-refractivity contribution in [1.82, 2.24) is 4.90 Å². The van der Waals surface area contributed by atoms with Crippen LogP contribution >= 0.6 is 0 Å². The summed E-state index contributed by atoms with van der Waals surface area (Å²) in [5, 5.41) is 0. The van der Waals surface area contributed by atoms with Crippen LogP contribution in [0.4, 0.5) is 24.5 Å². The molecule has 118 valence electrons. The molecular weight excluding hydrogens is 279 g/mol. The number of hydrogen-bond donors (Lipinski definition) is 1. The Morgan fingerprint density at radius 2 is 1.95 bits per heavy atom. The predicted molar refractivity (Wildman–Crippen MR) is 79.4 cm³/mol. The van der Waals surface area contributed by atoms with Gasteiger partial charge in [0.15, 0.2) is 0 Å². The minimum absolute atomic E-state index is 0.217. The molecule has 0 aromatic heterocycles. The lowest BCUT2D eigenvalue weighted by Crippen LogP contribution is -2.37. The van der Waals surface area contributed by atoms with Gasteiger partial charge in [-0.3, -0.25) is 4.90 Å². The Morgan fingerprint density at radius 3 is 2.52 bits per heavy atom. The van der Waals surface area contributed by atoms with Gasteiger partial charge in [-0.15, -0.1) is 0 Å². The first kappa shape index (κ1) is 15.9. The van der Waals surface area contributed by atoms with Crippen LogP contribution in [0.3, 0.4) is 0 Å². The summed E-state index contributed by atoms with van der Waals surface area (Å²) in [5.74, 6) is 0. The Kier molecular flexibility index (Phi) is 4.66. The van der Waals surface area contributed by atoms with Gasteiger partial charge in [0.25, 0.3) is 0 Å². The van der Waals surface area contributed by atoms with Crippen molar-refractivity contribution >= 4 is 11.4 Å². The van der Waals surface area contributed by atoms with Gasteiger partial charge in [-0.2, -0.15) is 13.2 Å². The number of halogens is 3. The van der Waals surface area contributed by atoms with E-state index in [0.29, 0.717) is 11.7 Å². The highest BCUT2D eigenvalue weighted by Crippen LogP contribution is 2.36. The molecule has 0 bridgehead atoms. The van der Waals surface area contributed by atoms with E-state index >= 15 is 0 Å². The molecule has 3 nitrogen and oxygen atoms in total. The summed E-state index contributed by atoms with van der Waals surface area (Å²) in [4.78, 5) is 4.36. The smallest absolute Gasteiger partial charge is 0.398 e. The van der Waals surface area contributed by atoms with Crippen LogP contribution in [0, 0.1) is 0 Å². The maximum Gasteiger partial charge on any atom is 0.418 e. The fourth-order valence-corrected chi connectivity index (χ4v) is 3.00. The lowest BCUT2D eigenvalue weighted by atomic mass is 10.1. The highest BCUT2D eigenvalue weighted by atomic mass is 19.4. The molecule has 1 unspecified atom stereocenters. The maximum absolute atomic E-state index is 12.9. The van der Waals surface area contributed by atoms with Crippen molar-refractivity contribution in [3.63, 3.8) is 0 Å². The number of anilines is 2. The van der Waals surface area contributed by atoms with Crippen LogP contribution in [-0.4, -0.2) is 37.1 Å². The van der Waals surface area contributed by atoms with Crippen molar-refractivity contribution in [2.24, 2.45) is 0 Å². The zero-order valence-electron chi connectivity index (χ0n) is 12.5. The summed E-state index contributed by atoms with van der Waals surface area (Å²) in [6, 6.07) is 4.60. The van der Waals surface area contributed by atoms with Gasteiger partial charge in [0.1, 0.15) is 0 Å². The number of benzene rings is 1.